The van der Waals surface area contributed by atoms with E-state index in [1.54, 1.807) is 0 Å². The van der Waals surface area contributed by atoms with E-state index >= 15 is 0 Å². The number of aromatic nitrogens is 4. The molecule has 29 rings (SSSR count). The average Bonchev–Trinajstić information content (AvgIpc) is 1.47. The number of H-pyrrole nitrogens is 1. The second-order valence-electron chi connectivity index (χ2n) is 37.7. The summed E-state index contributed by atoms with van der Waals surface area (Å²) in [6.07, 6.45) is 7.80. The molecule has 8 heterocycles. The van der Waals surface area contributed by atoms with Crippen molar-refractivity contribution in [3.63, 3.8) is 0 Å². The summed E-state index contributed by atoms with van der Waals surface area (Å²) >= 11 is 3.69. The number of hydrazine groups is 1. The van der Waals surface area contributed by atoms with Crippen LogP contribution in [-0.2, 0) is 124 Å². The zero-order valence-electron chi connectivity index (χ0n) is 84.2. The minimum Gasteiger partial charge on any atom is -0.381 e. The summed E-state index contributed by atoms with van der Waals surface area (Å²) in [6.45, 7) is 2.00. The van der Waals surface area contributed by atoms with Crippen molar-refractivity contribution >= 4 is 120 Å². The molecule has 14 heteroatoms. The van der Waals surface area contributed by atoms with E-state index in [1.807, 2.05) is 121 Å². The fraction of sp³-hybridized carbons (Fsp3) is 0.103. The Hall–Kier alpha value is -13.6. The molecular formula is C136H107BrN8O2Y3-6. The van der Waals surface area contributed by atoms with Gasteiger partial charge in [-0.2, -0.15) is 157 Å². The molecule has 0 spiro atoms. The van der Waals surface area contributed by atoms with Crippen LogP contribution in [0, 0.1) is 36.4 Å². The van der Waals surface area contributed by atoms with Crippen LogP contribution in [-0.4, -0.2) is 43.4 Å². The van der Waals surface area contributed by atoms with Crippen molar-refractivity contribution in [3.05, 3.63) is 597 Å². The van der Waals surface area contributed by atoms with E-state index in [1.165, 1.54) is 151 Å². The number of nitrogens with zero attached hydrogens (tertiary/aromatic N) is 4. The van der Waals surface area contributed by atoms with E-state index in [2.05, 4.69) is 428 Å². The molecule has 4 aromatic heterocycles. The summed E-state index contributed by atoms with van der Waals surface area (Å²) in [4.78, 5) is 14.1. The van der Waals surface area contributed by atoms with Gasteiger partial charge in [0.05, 0.1) is 61.9 Å². The molecule has 3 unspecified atom stereocenters. The number of nitrogens with two attached hydrogens (primary N) is 1. The van der Waals surface area contributed by atoms with Crippen molar-refractivity contribution in [2.45, 2.75) is 74.7 Å². The topological polar surface area (TPSA) is 119 Å². The minimum atomic E-state index is -0.676. The van der Waals surface area contributed by atoms with Gasteiger partial charge in [0, 0.05) is 192 Å². The molecule has 1 saturated heterocycles. The third kappa shape index (κ3) is 18.6. The second kappa shape index (κ2) is 46.1. The van der Waals surface area contributed by atoms with Crippen LogP contribution in [0.2, 0.25) is 0 Å². The summed E-state index contributed by atoms with van der Waals surface area (Å²) in [7, 11) is 0. The Bertz CT molecular complexity index is 8880. The number of hydrogen-bond donors (Lipinski definition) is 4. The molecule has 1 saturated carbocycles. The number of fused-ring (bicyclic) bond motifs is 18. The van der Waals surface area contributed by atoms with Gasteiger partial charge in [0.1, 0.15) is 5.78 Å². The molecule has 3 atom stereocenters. The van der Waals surface area contributed by atoms with Crippen molar-refractivity contribution in [3.8, 4) is 17.1 Å². The van der Waals surface area contributed by atoms with E-state index in [9.17, 15) is 4.79 Å². The number of para-hydroxylation sites is 10. The number of anilines is 1. The number of Topliss-reactive ketones (excluding diaryl/α,β-unsaturated/α-hetero) is 1. The first-order valence-electron chi connectivity index (χ1n) is 51.3. The van der Waals surface area contributed by atoms with E-state index in [-0.39, 0.29) is 112 Å². The number of ketones is 1. The molecule has 20 aromatic carbocycles. The zero-order valence-corrected chi connectivity index (χ0v) is 92.3. The van der Waals surface area contributed by atoms with E-state index < -0.39 is 16.2 Å². The molecular weight excluding hydrogens is 2120 g/mol. The van der Waals surface area contributed by atoms with Crippen molar-refractivity contribution in [1.82, 2.24) is 24.1 Å². The summed E-state index contributed by atoms with van der Waals surface area (Å²) in [6, 6.07) is 187. The van der Waals surface area contributed by atoms with Gasteiger partial charge < -0.3 is 28.8 Å². The number of hydrazone groups is 1. The molecule has 0 amide bonds. The number of benzene rings is 20. The maximum absolute atomic E-state index is 10.5. The number of ether oxygens (including phenoxy) is 1. The van der Waals surface area contributed by atoms with E-state index in [4.69, 9.17) is 18.7 Å². The quantitative estimate of drug-likeness (QED) is 0.0397. The van der Waals surface area contributed by atoms with Gasteiger partial charge in [-0.25, -0.2) is 5.43 Å². The van der Waals surface area contributed by atoms with Gasteiger partial charge >= 0.3 is 0 Å². The summed E-state index contributed by atoms with van der Waals surface area (Å²) in [5.74, 6) is 6.05. The molecule has 3 radical (unpaired) electrons. The van der Waals surface area contributed by atoms with Gasteiger partial charge in [-0.15, -0.1) is 44.8 Å². The molecule has 2 fully saturated rings. The average molecular weight is 2230 g/mol. The first-order valence-corrected chi connectivity index (χ1v) is 51.1. The third-order valence-corrected chi connectivity index (χ3v) is 30.0. The molecule has 4 aliphatic heterocycles. The molecule has 24 aromatic rings. The van der Waals surface area contributed by atoms with Gasteiger partial charge in [0.15, 0.2) is 0 Å². The first kappa shape index (κ1) is 102. The maximum Gasteiger partial charge on any atom is 0.132 e. The number of halogens is 1. The molecule has 5 N–H and O–H groups in total. The van der Waals surface area contributed by atoms with Crippen molar-refractivity contribution < 1.29 is 111 Å². The molecule has 725 valence electrons. The Balaban J connectivity index is 0.000000125. The third-order valence-electron chi connectivity index (χ3n) is 29.5. The minimum absolute atomic E-state index is 0. The van der Waals surface area contributed by atoms with Crippen LogP contribution in [0.4, 0.5) is 5.69 Å². The van der Waals surface area contributed by atoms with E-state index in [0.29, 0.717) is 5.78 Å². The second-order valence-corrected chi connectivity index (χ2v) is 38.5. The number of hydrogen-bond acceptors (Lipinski definition) is 6. The van der Waals surface area contributed by atoms with Gasteiger partial charge in [-0.3, -0.25) is 10.6 Å². The van der Waals surface area contributed by atoms with Crippen LogP contribution in [0.15, 0.2) is 477 Å². The van der Waals surface area contributed by atoms with Gasteiger partial charge in [0.25, 0.3) is 0 Å². The van der Waals surface area contributed by atoms with Gasteiger partial charge in [0.2, 0.25) is 0 Å². The predicted octanol–water partition coefficient (Wildman–Crippen LogP) is 31.9. The van der Waals surface area contributed by atoms with Crippen LogP contribution in [0.25, 0.3) is 104 Å². The van der Waals surface area contributed by atoms with Crippen molar-refractivity contribution in [2.75, 3.05) is 18.6 Å². The number of aromatic amines is 1. The van der Waals surface area contributed by atoms with Crippen LogP contribution in [0.1, 0.15) is 150 Å². The van der Waals surface area contributed by atoms with Crippen LogP contribution in [0.3, 0.4) is 0 Å². The number of rotatable bonds is 13. The maximum atomic E-state index is 10.5. The normalized spacial score (nSPS) is 15.6. The largest absolute Gasteiger partial charge is 0.381 e. The molecule has 0 bridgehead atoms. The van der Waals surface area contributed by atoms with Crippen LogP contribution in [0.5, 0.6) is 0 Å². The van der Waals surface area contributed by atoms with Crippen molar-refractivity contribution in [2.24, 2.45) is 10.9 Å². The number of nitrogens with one attached hydrogen (secondary N) is 3. The Morgan fingerprint density at radius 2 is 0.700 bits per heavy atom. The van der Waals surface area contributed by atoms with E-state index in [0.717, 1.165) is 116 Å². The number of carbonyl (C=O) groups is 1. The van der Waals surface area contributed by atoms with Crippen LogP contribution >= 0.6 is 15.9 Å². The molecule has 5 aliphatic rings. The number of carbonyl (C=O) groups excluding carboxylic acids is 1. The SMILES string of the molecule is Brc1[c-]c(C2(c3[c-]cccc3)c3ccccc3-n3c4ccccc4c4cccc2c43)ccc1.C.C1CCOC1.NNC(c1ccccc1)c1ccccc1.O=C1CCCCC1.[2H][2H].[Y].[Y].[Y].[c-]1ccccc1C1(c2[c-]c(NN=C(c3ccccc3)c3ccccc3)ccc2)c2ccccc2-n2c3ccccc3c3cccc1c32.[c-]1ccccc1C1(c2[c-]c3[nH]c4ccccc4c3cc2)c2ccccc2-n2c3ccccc3c3cccc1c32. The Kier molecular flexibility index (Phi) is 31.4. The van der Waals surface area contributed by atoms with Crippen molar-refractivity contribution in [1.29, 1.82) is 0 Å². The Morgan fingerprint density at radius 1 is 0.347 bits per heavy atom. The van der Waals surface area contributed by atoms with Gasteiger partial charge in [-0.1, -0.05) is 349 Å². The summed E-state index contributed by atoms with van der Waals surface area (Å²) in [5, 5.41) is 15.0. The molecule has 150 heavy (non-hydrogen) atoms. The standard InChI is InChI=1S/C44H29N3.C37H22N2.C31H18BrN.C13H14N2.C6H10O.C4H8O.CH4.3Y.H2/c1-4-16-31(17-5-1)42(32-18-6-2-7-19-32)46-45-35-23-14-22-34(30-35)44(33-20-8-3-9-21-33)38-26-11-13-29-41(38)47-40-28-12-10-24-36(40)37-25-15-27-39(44)43(37)47;1-2-11-24(12-3-1)37(25-21-22-27-26-13-4-7-18-32(26)38-33(27)23-25)30-16-6-9-20-35(30)39-34-19-8-5-14-28(34)29-15-10-17-31(37)36(29)39;32-23-13-8-12-22(20-23)31(21-10-2-1-3-11-21)26-16-5-7-19-29(26)33-28-18-6-4-14-24(28)25-15-9-17-27(31)30(25)33;14-15-13(11-7-3-1-4-8-11)12-9-5-2-6-10-12;7-6-4-2-1-3-5-6;1-2-4-5-3-1;;;;;/h1-20,22-29,45H;1-11,13-22,38H;1-10,12-19H;1-10,13,15H,14H2;1-5H2;1-4H2;1H4;;;;1H/q3*-2;;;;;;;;/i;;;;;;;;;;1+1D. The molecule has 10 nitrogen and oxygen atoms in total. The first-order chi connectivity index (χ1) is 73.3. The smallest absolute Gasteiger partial charge is 0.132 e. The molecule has 1 aliphatic carbocycles. The predicted molar refractivity (Wildman–Crippen MR) is 609 cm³/mol. The summed E-state index contributed by atoms with van der Waals surface area (Å²) < 4.78 is 23.2. The fourth-order valence-corrected chi connectivity index (χ4v) is 23.7. The zero-order chi connectivity index (χ0) is 99.9. The monoisotopic (exact) mass is 2230 g/mol. The Labute approximate surface area is 963 Å². The van der Waals surface area contributed by atoms with Gasteiger partial charge in [-0.05, 0) is 118 Å². The van der Waals surface area contributed by atoms with Crippen LogP contribution < -0.4 is 16.7 Å². The summed E-state index contributed by atoms with van der Waals surface area (Å²) in [5.41, 5.74) is 37.6. The fourth-order valence-electron chi connectivity index (χ4n) is 23.3. The Morgan fingerprint density at radius 3 is 1.10 bits per heavy atom.